The summed E-state index contributed by atoms with van der Waals surface area (Å²) in [6, 6.07) is 0. The molecule has 2 nitrogen and oxygen atoms in total. The highest BCUT2D eigenvalue weighted by atomic mass is 32.2. The van der Waals surface area contributed by atoms with Gasteiger partial charge in [0.2, 0.25) is 0 Å². The van der Waals surface area contributed by atoms with Crippen LogP contribution in [0.25, 0.3) is 0 Å². The zero-order valence-corrected chi connectivity index (χ0v) is 8.12. The molecule has 0 saturated carbocycles. The van der Waals surface area contributed by atoms with E-state index in [0.29, 0.717) is 12.0 Å². The number of carboxylic acid groups (broad SMARTS) is 1. The van der Waals surface area contributed by atoms with Crippen LogP contribution in [0.15, 0.2) is 11.1 Å². The average molecular weight is 186 g/mol. The third-order valence-corrected chi connectivity index (χ3v) is 3.21. The van der Waals surface area contributed by atoms with Crippen LogP contribution >= 0.6 is 11.8 Å². The molecule has 0 aromatic carbocycles. The van der Waals surface area contributed by atoms with Gasteiger partial charge < -0.3 is 5.11 Å². The molecule has 0 aromatic rings. The maximum atomic E-state index is 10.8. The molecule has 0 unspecified atom stereocenters. The highest BCUT2D eigenvalue weighted by Crippen LogP contribution is 2.25. The van der Waals surface area contributed by atoms with Gasteiger partial charge in [0, 0.05) is 11.3 Å². The van der Waals surface area contributed by atoms with Crippen molar-refractivity contribution in [3.63, 3.8) is 0 Å². The number of carbonyl (C=O) groups is 1. The molecular weight excluding hydrogens is 172 g/mol. The van der Waals surface area contributed by atoms with Crippen molar-refractivity contribution in [2.45, 2.75) is 26.2 Å². The molecule has 1 aliphatic rings. The van der Waals surface area contributed by atoms with E-state index in [1.165, 1.54) is 5.75 Å². The summed E-state index contributed by atoms with van der Waals surface area (Å²) in [4.78, 5) is 10.8. The van der Waals surface area contributed by atoms with E-state index < -0.39 is 5.97 Å². The molecule has 1 saturated heterocycles. The van der Waals surface area contributed by atoms with Crippen LogP contribution in [0.3, 0.4) is 0 Å². The minimum absolute atomic E-state index is 0.641. The largest absolute Gasteiger partial charge is 0.478 e. The molecule has 0 aliphatic carbocycles. The Morgan fingerprint density at radius 1 is 1.67 bits per heavy atom. The van der Waals surface area contributed by atoms with Crippen LogP contribution in [0.2, 0.25) is 0 Å². The summed E-state index contributed by atoms with van der Waals surface area (Å²) in [6.07, 6.45) is 2.78. The summed E-state index contributed by atoms with van der Waals surface area (Å²) in [5, 5.41) is 8.86. The summed E-state index contributed by atoms with van der Waals surface area (Å²) < 4.78 is 0. The van der Waals surface area contributed by atoms with Crippen LogP contribution in [-0.4, -0.2) is 22.6 Å². The summed E-state index contributed by atoms with van der Waals surface area (Å²) >= 11 is 1.84. The SMILES string of the molecule is CC/C(C(=O)O)=C1\CCCSC1. The first-order valence-electron chi connectivity index (χ1n) is 4.27. The van der Waals surface area contributed by atoms with E-state index in [1.807, 2.05) is 18.7 Å². The van der Waals surface area contributed by atoms with E-state index in [4.69, 9.17) is 5.11 Å². The van der Waals surface area contributed by atoms with Gasteiger partial charge in [-0.3, -0.25) is 0 Å². The van der Waals surface area contributed by atoms with E-state index in [1.54, 1.807) is 0 Å². The van der Waals surface area contributed by atoms with Crippen molar-refractivity contribution >= 4 is 17.7 Å². The molecule has 0 bridgehead atoms. The Bertz CT molecular complexity index is 201. The van der Waals surface area contributed by atoms with Crippen molar-refractivity contribution < 1.29 is 9.90 Å². The molecule has 0 aromatic heterocycles. The Morgan fingerprint density at radius 3 is 2.83 bits per heavy atom. The van der Waals surface area contributed by atoms with Gasteiger partial charge in [0.05, 0.1) is 0 Å². The van der Waals surface area contributed by atoms with Crippen LogP contribution in [-0.2, 0) is 4.79 Å². The molecule has 0 spiro atoms. The summed E-state index contributed by atoms with van der Waals surface area (Å²) in [5.74, 6) is 1.38. The number of hydrogen-bond acceptors (Lipinski definition) is 2. The average Bonchev–Trinajstić information content (AvgIpc) is 2.07. The lowest BCUT2D eigenvalue weighted by atomic mass is 10.0. The number of carboxylic acids is 1. The molecule has 1 N–H and O–H groups in total. The van der Waals surface area contributed by atoms with E-state index in [2.05, 4.69) is 0 Å². The van der Waals surface area contributed by atoms with Crippen molar-refractivity contribution in [3.05, 3.63) is 11.1 Å². The topological polar surface area (TPSA) is 37.3 Å². The maximum absolute atomic E-state index is 10.8. The standard InChI is InChI=1S/C9H14O2S/c1-2-8(9(10)11)7-4-3-5-12-6-7/h2-6H2,1H3,(H,10,11)/b8-7-. The predicted octanol–water partition coefficient (Wildman–Crippen LogP) is 2.30. The van der Waals surface area contributed by atoms with Gasteiger partial charge in [-0.15, -0.1) is 0 Å². The van der Waals surface area contributed by atoms with Crippen molar-refractivity contribution in [1.82, 2.24) is 0 Å². The Hall–Kier alpha value is -0.440. The fourth-order valence-corrected chi connectivity index (χ4v) is 2.50. The Labute approximate surface area is 77.0 Å². The second kappa shape index (κ2) is 4.55. The third-order valence-electron chi connectivity index (χ3n) is 2.08. The van der Waals surface area contributed by atoms with Crippen LogP contribution in [0.4, 0.5) is 0 Å². The van der Waals surface area contributed by atoms with Crippen molar-refractivity contribution in [1.29, 1.82) is 0 Å². The van der Waals surface area contributed by atoms with Crippen LogP contribution in [0.1, 0.15) is 26.2 Å². The molecule has 3 heteroatoms. The zero-order chi connectivity index (χ0) is 8.97. The Kier molecular flexibility index (Phi) is 3.66. The molecular formula is C9H14O2S. The molecule has 12 heavy (non-hydrogen) atoms. The molecule has 0 radical (unpaired) electrons. The summed E-state index contributed by atoms with van der Waals surface area (Å²) in [7, 11) is 0. The molecule has 0 amide bonds. The first-order chi connectivity index (χ1) is 5.75. The van der Waals surface area contributed by atoms with Crippen molar-refractivity contribution in [2.24, 2.45) is 0 Å². The zero-order valence-electron chi connectivity index (χ0n) is 7.30. The number of aliphatic carboxylic acids is 1. The molecule has 1 rings (SSSR count). The van der Waals surface area contributed by atoms with Gasteiger partial charge >= 0.3 is 5.97 Å². The lowest BCUT2D eigenvalue weighted by Gasteiger charge is -2.15. The van der Waals surface area contributed by atoms with Crippen LogP contribution in [0, 0.1) is 0 Å². The summed E-state index contributed by atoms with van der Waals surface area (Å²) in [5.41, 5.74) is 1.79. The predicted molar refractivity (Wildman–Crippen MR) is 51.5 cm³/mol. The molecule has 68 valence electrons. The normalized spacial score (nSPS) is 22.1. The lowest BCUT2D eigenvalue weighted by molar-refractivity contribution is -0.132. The fourth-order valence-electron chi connectivity index (χ4n) is 1.45. The van der Waals surface area contributed by atoms with E-state index in [0.717, 1.165) is 24.2 Å². The second-order valence-corrected chi connectivity index (χ2v) is 4.00. The van der Waals surface area contributed by atoms with Gasteiger partial charge in [-0.1, -0.05) is 6.92 Å². The molecule has 1 aliphatic heterocycles. The quantitative estimate of drug-likeness (QED) is 0.672. The first-order valence-corrected chi connectivity index (χ1v) is 5.43. The Balaban J connectivity index is 2.75. The summed E-state index contributed by atoms with van der Waals surface area (Å²) in [6.45, 7) is 1.91. The van der Waals surface area contributed by atoms with E-state index in [-0.39, 0.29) is 0 Å². The first kappa shape index (κ1) is 9.65. The Morgan fingerprint density at radius 2 is 2.42 bits per heavy atom. The third kappa shape index (κ3) is 2.27. The number of hydrogen-bond donors (Lipinski definition) is 1. The van der Waals surface area contributed by atoms with Gasteiger partial charge in [-0.05, 0) is 30.6 Å². The lowest BCUT2D eigenvalue weighted by Crippen LogP contribution is -2.09. The highest BCUT2D eigenvalue weighted by Gasteiger charge is 2.14. The number of thioether (sulfide) groups is 1. The van der Waals surface area contributed by atoms with Gasteiger partial charge in [-0.25, -0.2) is 4.79 Å². The monoisotopic (exact) mass is 186 g/mol. The van der Waals surface area contributed by atoms with Gasteiger partial charge in [0.25, 0.3) is 0 Å². The van der Waals surface area contributed by atoms with E-state index in [9.17, 15) is 4.79 Å². The minimum Gasteiger partial charge on any atom is -0.478 e. The van der Waals surface area contributed by atoms with Crippen LogP contribution in [0.5, 0.6) is 0 Å². The van der Waals surface area contributed by atoms with Gasteiger partial charge in [-0.2, -0.15) is 11.8 Å². The van der Waals surface area contributed by atoms with Crippen molar-refractivity contribution in [2.75, 3.05) is 11.5 Å². The number of rotatable bonds is 2. The minimum atomic E-state index is -0.727. The molecule has 1 heterocycles. The van der Waals surface area contributed by atoms with Gasteiger partial charge in [0.1, 0.15) is 0 Å². The fraction of sp³-hybridized carbons (Fsp3) is 0.667. The van der Waals surface area contributed by atoms with Gasteiger partial charge in [0.15, 0.2) is 0 Å². The molecule has 1 fully saturated rings. The van der Waals surface area contributed by atoms with Crippen molar-refractivity contribution in [3.8, 4) is 0 Å². The van der Waals surface area contributed by atoms with Crippen LogP contribution < -0.4 is 0 Å². The van der Waals surface area contributed by atoms with E-state index >= 15 is 0 Å². The maximum Gasteiger partial charge on any atom is 0.331 e. The highest BCUT2D eigenvalue weighted by molar-refractivity contribution is 7.99. The second-order valence-electron chi connectivity index (χ2n) is 2.90. The molecule has 0 atom stereocenters. The smallest absolute Gasteiger partial charge is 0.331 e.